The van der Waals surface area contributed by atoms with Crippen molar-refractivity contribution in [3.05, 3.63) is 17.8 Å². The number of hydrogen-bond acceptors (Lipinski definition) is 3. The zero-order chi connectivity index (χ0) is 12.9. The Balaban J connectivity index is 2.29. The summed E-state index contributed by atoms with van der Waals surface area (Å²) in [4.78, 5) is 7.31. The number of anilines is 1. The second-order valence-corrected chi connectivity index (χ2v) is 3.62. The lowest BCUT2D eigenvalue weighted by molar-refractivity contribution is -0.135. The van der Waals surface area contributed by atoms with Gasteiger partial charge in [0.25, 0.3) is 0 Å². The fraction of sp³-hybridized carbons (Fsp3) is 0.600. The van der Waals surface area contributed by atoms with Crippen molar-refractivity contribution >= 4 is 5.82 Å². The first kappa shape index (κ1) is 13.7. The maximum Gasteiger partial charge on any atom is 0.389 e. The van der Waals surface area contributed by atoms with Crippen LogP contribution in [0.1, 0.15) is 25.0 Å². The van der Waals surface area contributed by atoms with Crippen molar-refractivity contribution in [2.45, 2.75) is 32.4 Å². The molecule has 7 heteroatoms. The fourth-order valence-corrected chi connectivity index (χ4v) is 1.24. The Morgan fingerprint density at radius 1 is 1.24 bits per heavy atom. The third-order valence-electron chi connectivity index (χ3n) is 2.14. The molecule has 0 aromatic carbocycles. The Morgan fingerprint density at radius 3 is 2.59 bits per heavy atom. The van der Waals surface area contributed by atoms with E-state index in [1.807, 2.05) is 0 Å². The highest BCUT2D eigenvalue weighted by Crippen LogP contribution is 2.22. The molecule has 0 aliphatic carbocycles. The fourth-order valence-electron chi connectivity index (χ4n) is 1.24. The monoisotopic (exact) mass is 251 g/mol. The average Bonchev–Trinajstić information content (AvgIpc) is 2.22. The molecule has 0 atom stereocenters. The van der Waals surface area contributed by atoms with Crippen molar-refractivity contribution < 1.29 is 17.6 Å². The van der Waals surface area contributed by atoms with Gasteiger partial charge in [0.1, 0.15) is 6.33 Å². The van der Waals surface area contributed by atoms with Crippen LogP contribution >= 0.6 is 0 Å². The molecule has 0 saturated heterocycles. The van der Waals surface area contributed by atoms with Crippen molar-refractivity contribution in [2.75, 3.05) is 11.9 Å². The number of aromatic nitrogens is 2. The smallest absolute Gasteiger partial charge is 0.368 e. The van der Waals surface area contributed by atoms with Crippen LogP contribution in [0.4, 0.5) is 23.4 Å². The van der Waals surface area contributed by atoms with Gasteiger partial charge in [0, 0.05) is 13.0 Å². The van der Waals surface area contributed by atoms with E-state index in [0.717, 1.165) is 0 Å². The highest BCUT2D eigenvalue weighted by molar-refractivity contribution is 5.36. The van der Waals surface area contributed by atoms with Gasteiger partial charge in [0.2, 0.25) is 0 Å². The van der Waals surface area contributed by atoms with Crippen LogP contribution in [0.15, 0.2) is 6.33 Å². The maximum absolute atomic E-state index is 13.3. The lowest BCUT2D eigenvalue weighted by atomic mass is 10.2. The Morgan fingerprint density at radius 2 is 1.94 bits per heavy atom. The largest absolute Gasteiger partial charge is 0.389 e. The van der Waals surface area contributed by atoms with Crippen LogP contribution < -0.4 is 5.32 Å². The summed E-state index contributed by atoms with van der Waals surface area (Å²) in [7, 11) is 0. The molecule has 0 amide bonds. The topological polar surface area (TPSA) is 37.8 Å². The van der Waals surface area contributed by atoms with Gasteiger partial charge in [0.15, 0.2) is 11.6 Å². The zero-order valence-corrected chi connectivity index (χ0v) is 9.31. The Bertz CT molecular complexity index is 365. The van der Waals surface area contributed by atoms with E-state index >= 15 is 0 Å². The van der Waals surface area contributed by atoms with Gasteiger partial charge in [0.05, 0.1) is 5.69 Å². The minimum Gasteiger partial charge on any atom is -0.368 e. The van der Waals surface area contributed by atoms with Gasteiger partial charge in [-0.15, -0.1) is 0 Å². The second kappa shape index (κ2) is 5.79. The van der Waals surface area contributed by atoms with Crippen molar-refractivity contribution in [3.63, 3.8) is 0 Å². The van der Waals surface area contributed by atoms with Gasteiger partial charge >= 0.3 is 6.18 Å². The third kappa shape index (κ3) is 4.97. The molecule has 1 aromatic rings. The normalized spacial score (nSPS) is 11.6. The molecule has 1 N–H and O–H groups in total. The predicted octanol–water partition coefficient (Wildman–Crippen LogP) is 3.07. The predicted molar refractivity (Wildman–Crippen MR) is 55.1 cm³/mol. The van der Waals surface area contributed by atoms with Gasteiger partial charge in [-0.1, -0.05) is 0 Å². The Kier molecular flexibility index (Phi) is 4.65. The Hall–Kier alpha value is -1.40. The third-order valence-corrected chi connectivity index (χ3v) is 2.14. The number of unbranched alkanes of at least 4 members (excludes halogenated alkanes) is 1. The molecule has 0 fully saturated rings. The van der Waals surface area contributed by atoms with E-state index in [-0.39, 0.29) is 24.5 Å². The SMILES string of the molecule is Cc1ncnc(NCCCCC(F)(F)F)c1F. The molecule has 17 heavy (non-hydrogen) atoms. The summed E-state index contributed by atoms with van der Waals surface area (Å²) in [5, 5.41) is 2.65. The summed E-state index contributed by atoms with van der Waals surface area (Å²) >= 11 is 0. The van der Waals surface area contributed by atoms with E-state index < -0.39 is 18.4 Å². The van der Waals surface area contributed by atoms with Gasteiger partial charge in [-0.2, -0.15) is 13.2 Å². The number of aryl methyl sites for hydroxylation is 1. The van der Waals surface area contributed by atoms with Crippen molar-refractivity contribution in [1.82, 2.24) is 9.97 Å². The van der Waals surface area contributed by atoms with Gasteiger partial charge in [-0.05, 0) is 19.8 Å². The molecule has 96 valence electrons. The maximum atomic E-state index is 13.3. The molecule has 0 bridgehead atoms. The van der Waals surface area contributed by atoms with Gasteiger partial charge < -0.3 is 5.32 Å². The summed E-state index contributed by atoms with van der Waals surface area (Å²) in [5.74, 6) is -0.534. The molecule has 1 rings (SSSR count). The molecule has 0 unspecified atom stereocenters. The summed E-state index contributed by atoms with van der Waals surface area (Å²) in [6.45, 7) is 1.75. The van der Waals surface area contributed by atoms with Crippen LogP contribution in [0.3, 0.4) is 0 Å². The van der Waals surface area contributed by atoms with Crippen LogP contribution in [0.25, 0.3) is 0 Å². The standard InChI is InChI=1S/C10H13F4N3/c1-7-8(11)9(17-6-16-7)15-5-3-2-4-10(12,13)14/h6H,2-5H2,1H3,(H,15,16,17). The minimum absolute atomic E-state index is 0.0161. The molecule has 1 heterocycles. The quantitative estimate of drug-likeness (QED) is 0.645. The van der Waals surface area contributed by atoms with Crippen LogP contribution in [0.2, 0.25) is 0 Å². The highest BCUT2D eigenvalue weighted by atomic mass is 19.4. The van der Waals surface area contributed by atoms with Crippen LogP contribution in [-0.4, -0.2) is 22.7 Å². The lowest BCUT2D eigenvalue weighted by Crippen LogP contribution is -2.10. The van der Waals surface area contributed by atoms with E-state index in [0.29, 0.717) is 6.42 Å². The van der Waals surface area contributed by atoms with E-state index in [2.05, 4.69) is 15.3 Å². The molecular weight excluding hydrogens is 238 g/mol. The first-order valence-electron chi connectivity index (χ1n) is 5.18. The molecular formula is C10H13F4N3. The molecule has 3 nitrogen and oxygen atoms in total. The summed E-state index contributed by atoms with van der Waals surface area (Å²) in [5.41, 5.74) is 0.206. The number of halogens is 4. The Labute approximate surface area is 96.3 Å². The number of hydrogen-bond donors (Lipinski definition) is 1. The number of rotatable bonds is 5. The minimum atomic E-state index is -4.13. The molecule has 1 aromatic heterocycles. The molecule has 0 spiro atoms. The first-order chi connectivity index (χ1) is 7.90. The molecule has 0 radical (unpaired) electrons. The number of alkyl halides is 3. The first-order valence-corrected chi connectivity index (χ1v) is 5.18. The number of nitrogens with one attached hydrogen (secondary N) is 1. The molecule has 0 saturated carbocycles. The van der Waals surface area contributed by atoms with Crippen LogP contribution in [0, 0.1) is 12.7 Å². The number of nitrogens with zero attached hydrogens (tertiary/aromatic N) is 2. The van der Waals surface area contributed by atoms with E-state index in [4.69, 9.17) is 0 Å². The van der Waals surface area contributed by atoms with E-state index in [1.54, 1.807) is 0 Å². The summed E-state index contributed by atoms with van der Waals surface area (Å²) in [6.07, 6.45) is -3.42. The van der Waals surface area contributed by atoms with E-state index in [1.165, 1.54) is 13.3 Å². The lowest BCUT2D eigenvalue weighted by Gasteiger charge is -2.08. The van der Waals surface area contributed by atoms with Crippen molar-refractivity contribution in [1.29, 1.82) is 0 Å². The van der Waals surface area contributed by atoms with Gasteiger partial charge in [-0.25, -0.2) is 14.4 Å². The summed E-state index contributed by atoms with van der Waals surface area (Å²) in [6, 6.07) is 0. The highest BCUT2D eigenvalue weighted by Gasteiger charge is 2.25. The van der Waals surface area contributed by atoms with Crippen LogP contribution in [-0.2, 0) is 0 Å². The van der Waals surface area contributed by atoms with Crippen molar-refractivity contribution in [2.24, 2.45) is 0 Å². The molecule has 0 aliphatic rings. The van der Waals surface area contributed by atoms with E-state index in [9.17, 15) is 17.6 Å². The summed E-state index contributed by atoms with van der Waals surface area (Å²) < 4.78 is 48.8. The zero-order valence-electron chi connectivity index (χ0n) is 9.31. The van der Waals surface area contributed by atoms with Crippen LogP contribution in [0.5, 0.6) is 0 Å². The average molecular weight is 251 g/mol. The molecule has 0 aliphatic heterocycles. The second-order valence-electron chi connectivity index (χ2n) is 3.62. The van der Waals surface area contributed by atoms with Crippen molar-refractivity contribution in [3.8, 4) is 0 Å². The van der Waals surface area contributed by atoms with Gasteiger partial charge in [-0.3, -0.25) is 0 Å².